The van der Waals surface area contributed by atoms with Crippen molar-refractivity contribution in [1.29, 1.82) is 0 Å². The van der Waals surface area contributed by atoms with Crippen molar-refractivity contribution in [1.82, 2.24) is 15.5 Å². The molecule has 0 heterocycles. The van der Waals surface area contributed by atoms with Crippen LogP contribution in [0.3, 0.4) is 0 Å². The second-order valence-electron chi connectivity index (χ2n) is 9.26. The van der Waals surface area contributed by atoms with Gasteiger partial charge in [-0.3, -0.25) is 14.6 Å². The van der Waals surface area contributed by atoms with Crippen LogP contribution >= 0.6 is 0 Å². The van der Waals surface area contributed by atoms with E-state index in [1.807, 2.05) is 40.1 Å². The fourth-order valence-corrected chi connectivity index (χ4v) is 4.10. The van der Waals surface area contributed by atoms with Gasteiger partial charge in [-0.1, -0.05) is 27.0 Å². The molecule has 6 heteroatoms. The maximum absolute atomic E-state index is 12.8. The van der Waals surface area contributed by atoms with E-state index in [1.165, 1.54) is 11.8 Å². The number of aliphatic imine (C=N–C) groups is 1. The summed E-state index contributed by atoms with van der Waals surface area (Å²) >= 11 is 0. The lowest BCUT2D eigenvalue weighted by molar-refractivity contribution is -0.121. The molecule has 0 aromatic heterocycles. The molecule has 2 atom stereocenters. The minimum Gasteiger partial charge on any atom is -0.355 e. The number of nitrogens with zero attached hydrogens (tertiary/aromatic N) is 2. The van der Waals surface area contributed by atoms with Crippen LogP contribution < -0.4 is 10.6 Å². The minimum atomic E-state index is -0.0842. The summed E-state index contributed by atoms with van der Waals surface area (Å²) in [6.45, 7) is 16.4. The average molecular weight is 455 g/mol. The number of allylic oxidation sites excluding steroid dienone is 1. The monoisotopic (exact) mass is 454 g/mol. The van der Waals surface area contributed by atoms with Crippen LogP contribution in [0, 0.1) is 25.7 Å². The zero-order valence-electron chi connectivity index (χ0n) is 21.5. The van der Waals surface area contributed by atoms with Crippen LogP contribution in [0.4, 0.5) is 0 Å². The minimum absolute atomic E-state index is 0.00882. The molecule has 0 aliphatic heterocycles. The number of carbonyl (C=O) groups is 2. The van der Waals surface area contributed by atoms with Crippen LogP contribution in [0.5, 0.6) is 0 Å². The molecule has 0 spiro atoms. The van der Waals surface area contributed by atoms with Gasteiger partial charge in [0.05, 0.1) is 0 Å². The molecule has 0 saturated heterocycles. The molecule has 0 aliphatic rings. The number of hydrogen-bond donors (Lipinski definition) is 2. The maximum atomic E-state index is 12.8. The summed E-state index contributed by atoms with van der Waals surface area (Å²) < 4.78 is 0. The Hall–Kier alpha value is -2.73. The largest absolute Gasteiger partial charge is 0.355 e. The topological polar surface area (TPSA) is 73.8 Å². The van der Waals surface area contributed by atoms with Gasteiger partial charge >= 0.3 is 0 Å². The molecule has 1 rings (SSSR count). The van der Waals surface area contributed by atoms with Crippen LogP contribution in [0.25, 0.3) is 0 Å². The highest BCUT2D eigenvalue weighted by molar-refractivity contribution is 5.99. The zero-order chi connectivity index (χ0) is 25.1. The van der Waals surface area contributed by atoms with E-state index in [9.17, 15) is 9.59 Å². The third kappa shape index (κ3) is 8.97. The maximum Gasteiger partial charge on any atom is 0.251 e. The molecule has 0 aliphatic carbocycles. The number of nitrogens with one attached hydrogen (secondary N) is 2. The van der Waals surface area contributed by atoms with Gasteiger partial charge in [0, 0.05) is 49.4 Å². The van der Waals surface area contributed by atoms with Gasteiger partial charge in [-0.15, -0.1) is 0 Å². The molecule has 2 amide bonds. The molecule has 0 saturated carbocycles. The summed E-state index contributed by atoms with van der Waals surface area (Å²) in [5.41, 5.74) is 4.85. The summed E-state index contributed by atoms with van der Waals surface area (Å²) in [4.78, 5) is 31.3. The summed E-state index contributed by atoms with van der Waals surface area (Å²) in [7, 11) is 5.68. The summed E-state index contributed by atoms with van der Waals surface area (Å²) in [6, 6.07) is 3.98. The highest BCUT2D eigenvalue weighted by Crippen LogP contribution is 2.21. The van der Waals surface area contributed by atoms with E-state index in [0.29, 0.717) is 24.4 Å². The van der Waals surface area contributed by atoms with Crippen LogP contribution in [0.2, 0.25) is 0 Å². The number of benzene rings is 1. The van der Waals surface area contributed by atoms with E-state index in [-0.39, 0.29) is 23.8 Å². The van der Waals surface area contributed by atoms with E-state index in [0.717, 1.165) is 29.7 Å². The Morgan fingerprint density at radius 2 is 1.76 bits per heavy atom. The Morgan fingerprint density at radius 1 is 1.15 bits per heavy atom. The standard InChI is InChI=1S/C27H42N4O2/c1-10-25(29-11-2)21(12-18(3)4)15-26(32)30-17-23(31(8)9)16-24-19(5)13-22(14-20(24)6)27(33)28-7/h10-11,13-14,18,21,23H,1-2,12,15-17H2,3-9H3,(H,28,33)(H,30,32). The second kappa shape index (κ2) is 13.7. The molecule has 1 aromatic rings. The first kappa shape index (κ1) is 28.3. The predicted molar refractivity (Wildman–Crippen MR) is 139 cm³/mol. The first-order valence-electron chi connectivity index (χ1n) is 11.6. The quantitative estimate of drug-likeness (QED) is 0.441. The highest BCUT2D eigenvalue weighted by Gasteiger charge is 2.21. The van der Waals surface area contributed by atoms with Gasteiger partial charge in [0.25, 0.3) is 5.91 Å². The number of carbonyl (C=O) groups excluding carboxylic acids is 2. The van der Waals surface area contributed by atoms with Crippen LogP contribution in [0.15, 0.2) is 42.6 Å². The molecule has 2 N–H and O–H groups in total. The van der Waals surface area contributed by atoms with E-state index in [4.69, 9.17) is 0 Å². The van der Waals surface area contributed by atoms with E-state index >= 15 is 0 Å². The van der Waals surface area contributed by atoms with E-state index in [1.54, 1.807) is 13.1 Å². The first-order valence-corrected chi connectivity index (χ1v) is 11.6. The lowest BCUT2D eigenvalue weighted by Crippen LogP contribution is -2.42. The third-order valence-corrected chi connectivity index (χ3v) is 5.95. The predicted octanol–water partition coefficient (Wildman–Crippen LogP) is 4.07. The van der Waals surface area contributed by atoms with Gasteiger partial charge in [0.15, 0.2) is 0 Å². The highest BCUT2D eigenvalue weighted by atomic mass is 16.2. The molecule has 0 bridgehead atoms. The Kier molecular flexibility index (Phi) is 11.8. The Morgan fingerprint density at radius 3 is 2.21 bits per heavy atom. The van der Waals surface area contributed by atoms with Gasteiger partial charge in [0.2, 0.25) is 5.91 Å². The van der Waals surface area contributed by atoms with Gasteiger partial charge in [-0.2, -0.15) is 0 Å². The number of amides is 2. The van der Waals surface area contributed by atoms with Crippen molar-refractivity contribution in [2.75, 3.05) is 27.7 Å². The molecule has 2 unspecified atom stereocenters. The lowest BCUT2D eigenvalue weighted by atomic mass is 9.89. The third-order valence-electron chi connectivity index (χ3n) is 5.95. The van der Waals surface area contributed by atoms with E-state index in [2.05, 4.69) is 47.5 Å². The van der Waals surface area contributed by atoms with Gasteiger partial charge in [-0.05, 0) is 81.6 Å². The molecule has 33 heavy (non-hydrogen) atoms. The lowest BCUT2D eigenvalue weighted by Gasteiger charge is -2.27. The van der Waals surface area contributed by atoms with Crippen LogP contribution in [-0.4, -0.2) is 56.2 Å². The summed E-state index contributed by atoms with van der Waals surface area (Å²) in [6.07, 6.45) is 5.24. The van der Waals surface area contributed by atoms with Gasteiger partial charge in [-0.25, -0.2) is 0 Å². The number of aryl methyl sites for hydroxylation is 2. The fourth-order valence-electron chi connectivity index (χ4n) is 4.10. The normalized spacial score (nSPS) is 13.5. The Balaban J connectivity index is 2.92. The van der Waals surface area contributed by atoms with Gasteiger partial charge in [0.1, 0.15) is 0 Å². The zero-order valence-corrected chi connectivity index (χ0v) is 21.5. The molecule has 0 fully saturated rings. The molecular weight excluding hydrogens is 412 g/mol. The van der Waals surface area contributed by atoms with Crippen molar-refractivity contribution in [3.05, 3.63) is 59.8 Å². The fraction of sp³-hybridized carbons (Fsp3) is 0.519. The molecule has 6 nitrogen and oxygen atoms in total. The second-order valence-corrected chi connectivity index (χ2v) is 9.26. The summed E-state index contributed by atoms with van der Waals surface area (Å²) in [5.74, 6) is 0.379. The summed E-state index contributed by atoms with van der Waals surface area (Å²) in [5, 5.41) is 5.81. The Bertz CT molecular complexity index is 848. The molecule has 182 valence electrons. The van der Waals surface area contributed by atoms with Crippen molar-refractivity contribution in [2.24, 2.45) is 16.8 Å². The number of likely N-dealkylation sites (N-methyl/N-ethyl adjacent to an activating group) is 1. The number of rotatable bonds is 13. The number of hydrogen-bond acceptors (Lipinski definition) is 4. The van der Waals surface area contributed by atoms with Crippen molar-refractivity contribution in [2.45, 2.75) is 53.0 Å². The van der Waals surface area contributed by atoms with Crippen molar-refractivity contribution in [3.8, 4) is 0 Å². The van der Waals surface area contributed by atoms with Crippen molar-refractivity contribution in [3.63, 3.8) is 0 Å². The Labute approximate surface area is 200 Å². The molecule has 0 radical (unpaired) electrons. The molecule has 1 aromatic carbocycles. The smallest absolute Gasteiger partial charge is 0.251 e. The average Bonchev–Trinajstić information content (AvgIpc) is 2.74. The van der Waals surface area contributed by atoms with Crippen LogP contribution in [-0.2, 0) is 11.2 Å². The van der Waals surface area contributed by atoms with Gasteiger partial charge < -0.3 is 15.5 Å². The first-order chi connectivity index (χ1) is 15.5. The molecular formula is C27H42N4O2. The SMILES string of the molecule is C=CN=C(C=C)C(CC(=O)NCC(Cc1c(C)cc(C(=O)NC)cc1C)N(C)C)CC(C)C. The van der Waals surface area contributed by atoms with Crippen LogP contribution in [0.1, 0.15) is 53.7 Å². The van der Waals surface area contributed by atoms with E-state index < -0.39 is 0 Å². The van der Waals surface area contributed by atoms with Crippen molar-refractivity contribution < 1.29 is 9.59 Å². The van der Waals surface area contributed by atoms with Crippen molar-refractivity contribution >= 4 is 17.5 Å².